The van der Waals surface area contributed by atoms with Crippen LogP contribution in [-0.4, -0.2) is 59.1 Å². The van der Waals surface area contributed by atoms with E-state index in [9.17, 15) is 14.0 Å². The summed E-state index contributed by atoms with van der Waals surface area (Å²) in [5.41, 5.74) is 0.375. The number of pyridine rings is 1. The van der Waals surface area contributed by atoms with E-state index in [1.165, 1.54) is 25.4 Å². The number of fused-ring (bicyclic) bond motifs is 2. The summed E-state index contributed by atoms with van der Waals surface area (Å²) < 4.78 is 17.6. The highest BCUT2D eigenvalue weighted by Crippen LogP contribution is 2.31. The number of carbonyl (C=O) groups excluding carboxylic acids is 2. The van der Waals surface area contributed by atoms with Crippen LogP contribution in [0.3, 0.4) is 0 Å². The van der Waals surface area contributed by atoms with Crippen molar-refractivity contribution >= 4 is 12.0 Å². The lowest BCUT2D eigenvalue weighted by molar-refractivity contribution is 0.0389. The minimum absolute atomic E-state index is 0.0135. The summed E-state index contributed by atoms with van der Waals surface area (Å²) in [6, 6.07) is 2.59. The van der Waals surface area contributed by atoms with E-state index in [0.717, 1.165) is 12.8 Å². The minimum Gasteiger partial charge on any atom is -0.453 e. The van der Waals surface area contributed by atoms with E-state index < -0.39 is 5.95 Å². The molecule has 2 fully saturated rings. The smallest absolute Gasteiger partial charge is 0.409 e. The van der Waals surface area contributed by atoms with E-state index in [1.807, 2.05) is 0 Å². The predicted molar refractivity (Wildman–Crippen MR) is 71.2 cm³/mol. The molecule has 7 heteroatoms. The number of hydrogen-bond acceptors (Lipinski definition) is 4. The number of piperazine rings is 1. The third-order valence-corrected chi connectivity index (χ3v) is 4.12. The van der Waals surface area contributed by atoms with Crippen molar-refractivity contribution < 1.29 is 18.7 Å². The van der Waals surface area contributed by atoms with Gasteiger partial charge in [0.25, 0.3) is 5.91 Å². The Labute approximate surface area is 121 Å². The van der Waals surface area contributed by atoms with Gasteiger partial charge in [0.05, 0.1) is 24.8 Å². The van der Waals surface area contributed by atoms with E-state index in [4.69, 9.17) is 4.74 Å². The van der Waals surface area contributed by atoms with Gasteiger partial charge in [-0.3, -0.25) is 4.79 Å². The van der Waals surface area contributed by atoms with Gasteiger partial charge in [0.2, 0.25) is 5.95 Å². The Morgan fingerprint density at radius 2 is 1.95 bits per heavy atom. The van der Waals surface area contributed by atoms with E-state index in [1.54, 1.807) is 9.80 Å². The van der Waals surface area contributed by atoms with Gasteiger partial charge in [0.15, 0.2) is 0 Å². The number of halogens is 1. The summed E-state index contributed by atoms with van der Waals surface area (Å²) >= 11 is 0. The van der Waals surface area contributed by atoms with Crippen molar-refractivity contribution in [2.75, 3.05) is 20.2 Å². The van der Waals surface area contributed by atoms with Gasteiger partial charge >= 0.3 is 6.09 Å². The molecule has 0 radical (unpaired) electrons. The predicted octanol–water partition coefficient (Wildman–Crippen LogP) is 1.28. The average Bonchev–Trinajstić information content (AvgIpc) is 2.76. The minimum atomic E-state index is -0.606. The van der Waals surface area contributed by atoms with E-state index in [2.05, 4.69) is 4.98 Å². The van der Waals surface area contributed by atoms with Crippen molar-refractivity contribution in [1.82, 2.24) is 14.8 Å². The normalized spacial score (nSPS) is 24.1. The molecule has 2 amide bonds. The second-order valence-electron chi connectivity index (χ2n) is 5.34. The highest BCUT2D eigenvalue weighted by molar-refractivity contribution is 5.94. The van der Waals surface area contributed by atoms with Gasteiger partial charge in [-0.2, -0.15) is 4.39 Å². The molecule has 2 bridgehead atoms. The molecule has 1 aromatic heterocycles. The number of likely N-dealkylation sites (tertiary alicyclic amines) is 1. The molecule has 0 aliphatic carbocycles. The van der Waals surface area contributed by atoms with Crippen LogP contribution in [0.25, 0.3) is 0 Å². The third-order valence-electron chi connectivity index (χ3n) is 4.12. The summed E-state index contributed by atoms with van der Waals surface area (Å²) in [6.07, 6.45) is 2.61. The quantitative estimate of drug-likeness (QED) is 0.732. The highest BCUT2D eigenvalue weighted by atomic mass is 19.1. The molecule has 2 aliphatic heterocycles. The lowest BCUT2D eigenvalue weighted by atomic mass is 10.1. The number of aromatic nitrogens is 1. The fourth-order valence-corrected chi connectivity index (χ4v) is 3.16. The molecule has 2 atom stereocenters. The molecule has 21 heavy (non-hydrogen) atoms. The van der Waals surface area contributed by atoms with E-state index in [0.29, 0.717) is 18.7 Å². The summed E-state index contributed by atoms with van der Waals surface area (Å²) in [4.78, 5) is 31.1. The first-order valence-corrected chi connectivity index (χ1v) is 6.87. The van der Waals surface area contributed by atoms with Crippen LogP contribution in [0.2, 0.25) is 0 Å². The highest BCUT2D eigenvalue weighted by Gasteiger charge is 2.44. The summed E-state index contributed by atoms with van der Waals surface area (Å²) in [5.74, 6) is -0.760. The molecule has 3 rings (SSSR count). The van der Waals surface area contributed by atoms with Crippen molar-refractivity contribution in [2.45, 2.75) is 24.9 Å². The zero-order valence-electron chi connectivity index (χ0n) is 11.7. The molecule has 2 saturated heterocycles. The lowest BCUT2D eigenvalue weighted by Gasteiger charge is -2.40. The molecule has 0 aromatic carbocycles. The molecule has 0 N–H and O–H groups in total. The van der Waals surface area contributed by atoms with Crippen molar-refractivity contribution in [3.8, 4) is 0 Å². The van der Waals surface area contributed by atoms with Crippen molar-refractivity contribution in [1.29, 1.82) is 0 Å². The average molecular weight is 293 g/mol. The standard InChI is InChI=1S/C14H16FN3O3/c1-21-14(20)17-7-10-3-4-11(8-17)18(10)13(19)9-2-5-12(15)16-6-9/h2,5-6,10-11H,3-4,7-8H2,1H3. The maximum absolute atomic E-state index is 12.8. The van der Waals surface area contributed by atoms with Gasteiger partial charge in [0.1, 0.15) is 0 Å². The van der Waals surface area contributed by atoms with Crippen molar-refractivity contribution in [3.05, 3.63) is 29.8 Å². The maximum Gasteiger partial charge on any atom is 0.409 e. The van der Waals surface area contributed by atoms with Gasteiger partial charge < -0.3 is 14.5 Å². The van der Waals surface area contributed by atoms with Gasteiger partial charge in [-0.15, -0.1) is 0 Å². The number of amides is 2. The van der Waals surface area contributed by atoms with Crippen LogP contribution < -0.4 is 0 Å². The van der Waals surface area contributed by atoms with Crippen LogP contribution in [0.1, 0.15) is 23.2 Å². The van der Waals surface area contributed by atoms with Gasteiger partial charge in [-0.25, -0.2) is 9.78 Å². The first-order chi connectivity index (χ1) is 10.1. The Hall–Kier alpha value is -2.18. The molecule has 112 valence electrons. The molecule has 3 heterocycles. The lowest BCUT2D eigenvalue weighted by Crippen LogP contribution is -2.57. The first-order valence-electron chi connectivity index (χ1n) is 6.87. The monoisotopic (exact) mass is 293 g/mol. The van der Waals surface area contributed by atoms with Gasteiger partial charge in [-0.1, -0.05) is 0 Å². The molecule has 2 unspecified atom stereocenters. The Balaban J connectivity index is 1.77. The summed E-state index contributed by atoms with van der Waals surface area (Å²) in [7, 11) is 1.35. The van der Waals surface area contributed by atoms with E-state index >= 15 is 0 Å². The Bertz CT molecular complexity index is 549. The molecule has 0 spiro atoms. The van der Waals surface area contributed by atoms with Crippen LogP contribution in [0.4, 0.5) is 9.18 Å². The van der Waals surface area contributed by atoms with E-state index in [-0.39, 0.29) is 24.1 Å². The molecule has 1 aromatic rings. The second kappa shape index (κ2) is 5.31. The zero-order chi connectivity index (χ0) is 15.0. The van der Waals surface area contributed by atoms with Gasteiger partial charge in [0, 0.05) is 19.3 Å². The third kappa shape index (κ3) is 2.43. The SMILES string of the molecule is COC(=O)N1CC2CCC(C1)N2C(=O)c1ccc(F)nc1. The number of hydrogen-bond donors (Lipinski definition) is 0. The van der Waals surface area contributed by atoms with Crippen LogP contribution in [0, 0.1) is 5.95 Å². The first kappa shape index (κ1) is 13.8. The largest absolute Gasteiger partial charge is 0.453 e. The number of ether oxygens (including phenoxy) is 1. The number of carbonyl (C=O) groups is 2. The summed E-state index contributed by atoms with van der Waals surface area (Å²) in [6.45, 7) is 0.951. The van der Waals surface area contributed by atoms with Crippen LogP contribution in [0.15, 0.2) is 18.3 Å². The number of rotatable bonds is 1. The number of nitrogens with zero attached hydrogens (tertiary/aromatic N) is 3. The van der Waals surface area contributed by atoms with Gasteiger partial charge in [-0.05, 0) is 25.0 Å². The van der Waals surface area contributed by atoms with Crippen LogP contribution in [0.5, 0.6) is 0 Å². The van der Waals surface area contributed by atoms with Crippen molar-refractivity contribution in [3.63, 3.8) is 0 Å². The Kier molecular flexibility index (Phi) is 3.48. The fourth-order valence-electron chi connectivity index (χ4n) is 3.16. The number of methoxy groups -OCH3 is 1. The zero-order valence-corrected chi connectivity index (χ0v) is 11.7. The Morgan fingerprint density at radius 1 is 1.29 bits per heavy atom. The molecular weight excluding hydrogens is 277 g/mol. The second-order valence-corrected chi connectivity index (χ2v) is 5.34. The maximum atomic E-state index is 12.8. The van der Waals surface area contributed by atoms with Crippen molar-refractivity contribution in [2.24, 2.45) is 0 Å². The molecule has 0 saturated carbocycles. The van der Waals surface area contributed by atoms with Crippen LogP contribution >= 0.6 is 0 Å². The molecule has 6 nitrogen and oxygen atoms in total. The Morgan fingerprint density at radius 3 is 2.48 bits per heavy atom. The van der Waals surface area contributed by atoms with Crippen LogP contribution in [-0.2, 0) is 4.74 Å². The molecule has 2 aliphatic rings. The fraction of sp³-hybridized carbons (Fsp3) is 0.500. The topological polar surface area (TPSA) is 62.7 Å². The summed E-state index contributed by atoms with van der Waals surface area (Å²) in [5, 5.41) is 0. The molecular formula is C14H16FN3O3.